The molecular weight excluding hydrogens is 154 g/mol. The number of carbonyl (C=O) groups is 1. The molecule has 0 aliphatic heterocycles. The smallest absolute Gasteiger partial charge is 0.334 e. The average Bonchev–Trinajstić information content (AvgIpc) is 1.87. The molecule has 0 bridgehead atoms. The first-order chi connectivity index (χ1) is 5.45. The van der Waals surface area contributed by atoms with E-state index in [0.717, 1.165) is 0 Å². The highest BCUT2D eigenvalue weighted by molar-refractivity contribution is 5.86. The van der Waals surface area contributed by atoms with Crippen molar-refractivity contribution in [3.8, 4) is 0 Å². The summed E-state index contributed by atoms with van der Waals surface area (Å²) in [5.74, 6) is -0.440. The van der Waals surface area contributed by atoms with E-state index in [4.69, 9.17) is 5.73 Å². The maximum atomic E-state index is 10.6. The second kappa shape index (κ2) is 8.27. The zero-order valence-corrected chi connectivity index (χ0v) is 8.39. The van der Waals surface area contributed by atoms with Gasteiger partial charge in [0, 0.05) is 5.57 Å². The lowest BCUT2D eigenvalue weighted by Gasteiger charge is -2.05. The lowest BCUT2D eigenvalue weighted by Crippen LogP contribution is -2.23. The Bertz CT molecular complexity index is 141. The molecule has 0 radical (unpaired) electrons. The molecule has 0 saturated heterocycles. The van der Waals surface area contributed by atoms with Crippen LogP contribution in [0.15, 0.2) is 12.2 Å². The molecule has 0 aromatic heterocycles. The molecule has 0 spiro atoms. The summed E-state index contributed by atoms with van der Waals surface area (Å²) < 4.78 is 4.55. The van der Waals surface area contributed by atoms with Crippen LogP contribution < -0.4 is 5.73 Å². The summed E-state index contributed by atoms with van der Waals surface area (Å²) in [6.45, 7) is 10.8. The van der Waals surface area contributed by atoms with Crippen LogP contribution in [0, 0.1) is 0 Å². The van der Waals surface area contributed by atoms with Gasteiger partial charge in [0.2, 0.25) is 0 Å². The Morgan fingerprint density at radius 1 is 1.58 bits per heavy atom. The maximum absolute atomic E-state index is 10.6. The maximum Gasteiger partial charge on any atom is 0.334 e. The lowest BCUT2D eigenvalue weighted by atomic mass is 10.4. The molecule has 72 valence electrons. The first-order valence-electron chi connectivity index (χ1n) is 4.07. The Kier molecular flexibility index (Phi) is 9.47. The van der Waals surface area contributed by atoms with E-state index < -0.39 is 12.2 Å². The monoisotopic (exact) mass is 173 g/mol. The van der Waals surface area contributed by atoms with Crippen molar-refractivity contribution in [2.45, 2.75) is 40.3 Å². The Labute approximate surface area is 74.6 Å². The molecule has 12 heavy (non-hydrogen) atoms. The third kappa shape index (κ3) is 11.9. The lowest BCUT2D eigenvalue weighted by molar-refractivity contribution is -0.143. The molecule has 0 aromatic rings. The van der Waals surface area contributed by atoms with Gasteiger partial charge in [0.25, 0.3) is 0 Å². The van der Waals surface area contributed by atoms with Gasteiger partial charge in [-0.15, -0.1) is 0 Å². The molecule has 0 saturated carbocycles. The third-order valence-electron chi connectivity index (χ3n) is 0.641. The van der Waals surface area contributed by atoms with E-state index >= 15 is 0 Å². The molecule has 2 N–H and O–H groups in total. The Morgan fingerprint density at radius 2 is 1.92 bits per heavy atom. The van der Waals surface area contributed by atoms with Crippen LogP contribution in [-0.4, -0.2) is 12.2 Å². The second-order valence-electron chi connectivity index (χ2n) is 2.60. The molecule has 0 fully saturated rings. The normalized spacial score (nSPS) is 10.8. The van der Waals surface area contributed by atoms with Crippen molar-refractivity contribution < 1.29 is 9.53 Å². The third-order valence-corrected chi connectivity index (χ3v) is 0.641. The SMILES string of the molecule is C=C(C)C(=O)OC(C)N.CCC. The van der Waals surface area contributed by atoms with Gasteiger partial charge in [-0.05, 0) is 13.8 Å². The summed E-state index contributed by atoms with van der Waals surface area (Å²) in [7, 11) is 0. The zero-order chi connectivity index (χ0) is 10.1. The standard InChI is InChI=1S/C6H11NO2.C3H8/c1-4(2)6(8)9-5(3)7;1-3-2/h5H,1,7H2,2-3H3;3H2,1-2H3. The summed E-state index contributed by atoms with van der Waals surface area (Å²) in [4.78, 5) is 10.6. The Morgan fingerprint density at radius 3 is 2.00 bits per heavy atom. The van der Waals surface area contributed by atoms with Gasteiger partial charge >= 0.3 is 5.97 Å². The molecule has 0 aliphatic carbocycles. The van der Waals surface area contributed by atoms with Gasteiger partial charge in [-0.1, -0.05) is 26.8 Å². The van der Waals surface area contributed by atoms with Crippen LogP contribution in [0.3, 0.4) is 0 Å². The fourth-order valence-electron chi connectivity index (χ4n) is 0.269. The van der Waals surface area contributed by atoms with Crippen LogP contribution in [0.1, 0.15) is 34.1 Å². The summed E-state index contributed by atoms with van der Waals surface area (Å²) in [5, 5.41) is 0. The first-order valence-corrected chi connectivity index (χ1v) is 4.07. The minimum atomic E-state index is -0.547. The fourth-order valence-corrected chi connectivity index (χ4v) is 0.269. The second-order valence-corrected chi connectivity index (χ2v) is 2.60. The number of rotatable bonds is 2. The highest BCUT2D eigenvalue weighted by Gasteiger charge is 2.03. The van der Waals surface area contributed by atoms with Gasteiger partial charge < -0.3 is 4.74 Å². The molecule has 3 nitrogen and oxygen atoms in total. The molecule has 0 heterocycles. The first kappa shape index (κ1) is 13.7. The molecule has 3 heteroatoms. The molecular formula is C9H19NO2. The van der Waals surface area contributed by atoms with E-state index in [0.29, 0.717) is 5.57 Å². The van der Waals surface area contributed by atoms with Crippen LogP contribution in [0.25, 0.3) is 0 Å². The highest BCUT2D eigenvalue weighted by atomic mass is 16.6. The van der Waals surface area contributed by atoms with E-state index in [9.17, 15) is 4.79 Å². The van der Waals surface area contributed by atoms with Crippen LogP contribution in [0.5, 0.6) is 0 Å². The van der Waals surface area contributed by atoms with Crippen molar-refractivity contribution >= 4 is 5.97 Å². The topological polar surface area (TPSA) is 52.3 Å². The molecule has 0 aliphatic rings. The van der Waals surface area contributed by atoms with Crippen LogP contribution in [-0.2, 0) is 9.53 Å². The van der Waals surface area contributed by atoms with Gasteiger partial charge in [-0.2, -0.15) is 0 Å². The number of esters is 1. The van der Waals surface area contributed by atoms with Gasteiger partial charge in [0.15, 0.2) is 0 Å². The van der Waals surface area contributed by atoms with Gasteiger partial charge in [0.05, 0.1) is 0 Å². The van der Waals surface area contributed by atoms with Crippen LogP contribution >= 0.6 is 0 Å². The van der Waals surface area contributed by atoms with E-state index in [1.165, 1.54) is 6.42 Å². The summed E-state index contributed by atoms with van der Waals surface area (Å²) in [6, 6.07) is 0. The van der Waals surface area contributed by atoms with E-state index in [1.807, 2.05) is 0 Å². The van der Waals surface area contributed by atoms with Crippen LogP contribution in [0.4, 0.5) is 0 Å². The molecule has 1 unspecified atom stereocenters. The fraction of sp³-hybridized carbons (Fsp3) is 0.667. The van der Waals surface area contributed by atoms with Gasteiger partial charge in [0.1, 0.15) is 6.23 Å². The highest BCUT2D eigenvalue weighted by Crippen LogP contribution is 1.92. The van der Waals surface area contributed by atoms with E-state index in [1.54, 1.807) is 13.8 Å². The number of hydrogen-bond acceptors (Lipinski definition) is 3. The number of ether oxygens (including phenoxy) is 1. The summed E-state index contributed by atoms with van der Waals surface area (Å²) in [5.41, 5.74) is 5.51. The van der Waals surface area contributed by atoms with E-state index in [2.05, 4.69) is 25.2 Å². The van der Waals surface area contributed by atoms with Gasteiger partial charge in [-0.3, -0.25) is 5.73 Å². The predicted molar refractivity (Wildman–Crippen MR) is 50.5 cm³/mol. The predicted octanol–water partition coefficient (Wildman–Crippen LogP) is 1.83. The van der Waals surface area contributed by atoms with Crippen molar-refractivity contribution in [1.82, 2.24) is 0 Å². The van der Waals surface area contributed by atoms with E-state index in [-0.39, 0.29) is 0 Å². The zero-order valence-electron chi connectivity index (χ0n) is 8.39. The number of hydrogen-bond donors (Lipinski definition) is 1. The molecule has 0 amide bonds. The Balaban J connectivity index is 0. The number of carbonyl (C=O) groups excluding carboxylic acids is 1. The summed E-state index contributed by atoms with van der Waals surface area (Å²) >= 11 is 0. The molecule has 1 atom stereocenters. The van der Waals surface area contributed by atoms with Crippen molar-refractivity contribution in [1.29, 1.82) is 0 Å². The van der Waals surface area contributed by atoms with Crippen molar-refractivity contribution in [2.75, 3.05) is 0 Å². The minimum absolute atomic E-state index is 0.368. The van der Waals surface area contributed by atoms with Crippen molar-refractivity contribution in [3.63, 3.8) is 0 Å². The minimum Gasteiger partial charge on any atom is -0.444 e. The van der Waals surface area contributed by atoms with Gasteiger partial charge in [-0.25, -0.2) is 4.79 Å². The Hall–Kier alpha value is -0.830. The summed E-state index contributed by atoms with van der Waals surface area (Å²) in [6.07, 6.45) is 0.703. The van der Waals surface area contributed by atoms with Crippen molar-refractivity contribution in [2.24, 2.45) is 5.73 Å². The van der Waals surface area contributed by atoms with Crippen LogP contribution in [0.2, 0.25) is 0 Å². The number of nitrogens with two attached hydrogens (primary N) is 1. The molecule has 0 rings (SSSR count). The average molecular weight is 173 g/mol. The van der Waals surface area contributed by atoms with Crippen molar-refractivity contribution in [3.05, 3.63) is 12.2 Å². The largest absolute Gasteiger partial charge is 0.444 e. The quantitative estimate of drug-likeness (QED) is 0.394. The molecule has 0 aromatic carbocycles.